The van der Waals surface area contributed by atoms with Crippen LogP contribution in [0.2, 0.25) is 0 Å². The summed E-state index contributed by atoms with van der Waals surface area (Å²) < 4.78 is 28.1. The Kier molecular flexibility index (Phi) is 6.17. The standard InChI is InChI=1S/C18H19N3O3S.ClH/c1-12-20-18(24-21-12)17(19)11-13-3-5-14(6-4-13)15-7-9-16(10-8-15)25(2,22)23;/h3-10,17H,11,19H2,1-2H3;1H. The average molecular weight is 394 g/mol. The molecule has 138 valence electrons. The molecular weight excluding hydrogens is 374 g/mol. The number of nitrogens with two attached hydrogens (primary N) is 1. The molecular formula is C18H20ClN3O3S. The SMILES string of the molecule is Cc1noc(C(N)Cc2ccc(-c3ccc(S(C)(=O)=O)cc3)cc2)n1.Cl. The first-order valence-corrected chi connectivity index (χ1v) is 9.67. The molecule has 2 aromatic carbocycles. The van der Waals surface area contributed by atoms with Gasteiger partial charge in [0.1, 0.15) is 0 Å². The summed E-state index contributed by atoms with van der Waals surface area (Å²) in [6.45, 7) is 1.75. The van der Waals surface area contributed by atoms with Crippen LogP contribution in [-0.4, -0.2) is 24.8 Å². The lowest BCUT2D eigenvalue weighted by Crippen LogP contribution is -2.13. The average Bonchev–Trinajstić information content (AvgIpc) is 3.02. The zero-order valence-electron chi connectivity index (χ0n) is 14.4. The van der Waals surface area contributed by atoms with Crippen molar-refractivity contribution in [1.82, 2.24) is 10.1 Å². The zero-order chi connectivity index (χ0) is 18.0. The maximum absolute atomic E-state index is 11.5. The predicted octanol–water partition coefficient (Wildman–Crippen LogP) is 3.11. The van der Waals surface area contributed by atoms with E-state index in [4.69, 9.17) is 10.3 Å². The van der Waals surface area contributed by atoms with Gasteiger partial charge in [0.25, 0.3) is 0 Å². The van der Waals surface area contributed by atoms with Crippen LogP contribution >= 0.6 is 12.4 Å². The minimum absolute atomic E-state index is 0. The van der Waals surface area contributed by atoms with E-state index >= 15 is 0 Å². The fraction of sp³-hybridized carbons (Fsp3) is 0.222. The molecule has 0 aliphatic carbocycles. The largest absolute Gasteiger partial charge is 0.338 e. The third-order valence-electron chi connectivity index (χ3n) is 3.89. The summed E-state index contributed by atoms with van der Waals surface area (Å²) in [5, 5.41) is 3.75. The molecule has 2 N–H and O–H groups in total. The molecule has 0 aliphatic heterocycles. The molecule has 0 saturated carbocycles. The second-order valence-corrected chi connectivity index (χ2v) is 8.00. The van der Waals surface area contributed by atoms with Crippen LogP contribution in [0.1, 0.15) is 23.3 Å². The van der Waals surface area contributed by atoms with Crippen LogP contribution in [-0.2, 0) is 16.3 Å². The van der Waals surface area contributed by atoms with Gasteiger partial charge < -0.3 is 10.3 Å². The van der Waals surface area contributed by atoms with Crippen molar-refractivity contribution in [3.63, 3.8) is 0 Å². The van der Waals surface area contributed by atoms with Gasteiger partial charge >= 0.3 is 0 Å². The maximum atomic E-state index is 11.5. The maximum Gasteiger partial charge on any atom is 0.243 e. The van der Waals surface area contributed by atoms with Crippen molar-refractivity contribution in [3.05, 3.63) is 65.8 Å². The molecule has 3 rings (SSSR count). The van der Waals surface area contributed by atoms with Gasteiger partial charge in [-0.25, -0.2) is 8.42 Å². The second kappa shape index (κ2) is 7.99. The molecule has 0 amide bonds. The molecule has 0 radical (unpaired) electrons. The van der Waals surface area contributed by atoms with Gasteiger partial charge in [0.05, 0.1) is 10.9 Å². The molecule has 1 heterocycles. The van der Waals surface area contributed by atoms with Crippen molar-refractivity contribution in [2.24, 2.45) is 5.73 Å². The third-order valence-corrected chi connectivity index (χ3v) is 5.01. The summed E-state index contributed by atoms with van der Waals surface area (Å²) in [4.78, 5) is 4.46. The molecule has 1 aromatic heterocycles. The van der Waals surface area contributed by atoms with Gasteiger partial charge in [-0.2, -0.15) is 4.98 Å². The normalized spacial score (nSPS) is 12.4. The van der Waals surface area contributed by atoms with Crippen molar-refractivity contribution in [1.29, 1.82) is 0 Å². The Morgan fingerprint density at radius 1 is 1.04 bits per heavy atom. The molecule has 8 heteroatoms. The summed E-state index contributed by atoms with van der Waals surface area (Å²) in [6, 6.07) is 14.4. The summed E-state index contributed by atoms with van der Waals surface area (Å²) in [7, 11) is -3.18. The molecule has 1 unspecified atom stereocenters. The predicted molar refractivity (Wildman–Crippen MR) is 102 cm³/mol. The summed E-state index contributed by atoms with van der Waals surface area (Å²) in [6.07, 6.45) is 1.79. The first-order chi connectivity index (χ1) is 11.8. The Morgan fingerprint density at radius 3 is 2.04 bits per heavy atom. The lowest BCUT2D eigenvalue weighted by Gasteiger charge is -2.08. The van der Waals surface area contributed by atoms with Crippen LogP contribution in [0, 0.1) is 6.92 Å². The van der Waals surface area contributed by atoms with Crippen molar-refractivity contribution < 1.29 is 12.9 Å². The van der Waals surface area contributed by atoms with Crippen LogP contribution in [0.4, 0.5) is 0 Å². The number of aryl methyl sites for hydroxylation is 1. The van der Waals surface area contributed by atoms with Gasteiger partial charge in [0.15, 0.2) is 15.7 Å². The fourth-order valence-electron chi connectivity index (χ4n) is 2.53. The second-order valence-electron chi connectivity index (χ2n) is 5.98. The van der Waals surface area contributed by atoms with Crippen LogP contribution in [0.5, 0.6) is 0 Å². The first-order valence-electron chi connectivity index (χ1n) is 7.78. The van der Waals surface area contributed by atoms with Crippen LogP contribution in [0.15, 0.2) is 57.9 Å². The minimum atomic E-state index is -3.18. The van der Waals surface area contributed by atoms with E-state index in [1.807, 2.05) is 24.3 Å². The van der Waals surface area contributed by atoms with E-state index in [0.29, 0.717) is 23.0 Å². The number of hydrogen-bond acceptors (Lipinski definition) is 6. The topological polar surface area (TPSA) is 99.1 Å². The van der Waals surface area contributed by atoms with Crippen molar-refractivity contribution in [3.8, 4) is 11.1 Å². The Morgan fingerprint density at radius 2 is 1.58 bits per heavy atom. The van der Waals surface area contributed by atoms with Crippen LogP contribution in [0.25, 0.3) is 11.1 Å². The molecule has 3 aromatic rings. The first kappa shape index (κ1) is 20.1. The quantitative estimate of drug-likeness (QED) is 0.714. The van der Waals surface area contributed by atoms with Crippen molar-refractivity contribution >= 4 is 22.2 Å². The molecule has 0 aliphatic rings. The summed E-state index contributed by atoms with van der Waals surface area (Å²) >= 11 is 0. The molecule has 26 heavy (non-hydrogen) atoms. The van der Waals surface area contributed by atoms with E-state index in [2.05, 4.69) is 10.1 Å². The highest BCUT2D eigenvalue weighted by Crippen LogP contribution is 2.23. The number of nitrogens with zero attached hydrogens (tertiary/aromatic N) is 2. The summed E-state index contributed by atoms with van der Waals surface area (Å²) in [5.74, 6) is 0.997. The third kappa shape index (κ3) is 4.69. The Bertz CT molecular complexity index is 968. The van der Waals surface area contributed by atoms with Crippen LogP contribution < -0.4 is 5.73 Å². The van der Waals surface area contributed by atoms with Gasteiger partial charge in [-0.3, -0.25) is 0 Å². The lowest BCUT2D eigenvalue weighted by molar-refractivity contribution is 0.351. The van der Waals surface area contributed by atoms with Gasteiger partial charge in [-0.1, -0.05) is 41.6 Å². The summed E-state index contributed by atoms with van der Waals surface area (Å²) in [5.41, 5.74) is 9.11. The van der Waals surface area contributed by atoms with Crippen molar-refractivity contribution in [2.75, 3.05) is 6.26 Å². The number of benzene rings is 2. The molecule has 1 atom stereocenters. The van der Waals surface area contributed by atoms with E-state index < -0.39 is 9.84 Å². The monoisotopic (exact) mass is 393 g/mol. The Labute approximate surface area is 158 Å². The smallest absolute Gasteiger partial charge is 0.243 e. The van der Waals surface area contributed by atoms with E-state index in [1.165, 1.54) is 6.26 Å². The number of hydrogen-bond donors (Lipinski definition) is 1. The van der Waals surface area contributed by atoms with E-state index in [0.717, 1.165) is 16.7 Å². The van der Waals surface area contributed by atoms with E-state index in [9.17, 15) is 8.42 Å². The van der Waals surface area contributed by atoms with Crippen molar-refractivity contribution in [2.45, 2.75) is 24.3 Å². The number of sulfone groups is 1. The van der Waals surface area contributed by atoms with Gasteiger partial charge in [-0.15, -0.1) is 12.4 Å². The van der Waals surface area contributed by atoms with Gasteiger partial charge in [-0.05, 0) is 42.2 Å². The molecule has 0 saturated heterocycles. The number of rotatable bonds is 5. The fourth-order valence-corrected chi connectivity index (χ4v) is 3.16. The van der Waals surface area contributed by atoms with Gasteiger partial charge in [0.2, 0.25) is 5.89 Å². The van der Waals surface area contributed by atoms with E-state index in [1.54, 1.807) is 31.2 Å². The molecule has 0 fully saturated rings. The molecule has 0 bridgehead atoms. The highest BCUT2D eigenvalue weighted by atomic mass is 35.5. The number of halogens is 1. The van der Waals surface area contributed by atoms with Gasteiger partial charge in [0, 0.05) is 6.26 Å². The highest BCUT2D eigenvalue weighted by Gasteiger charge is 2.14. The Hall–Kier alpha value is -2.22. The number of aromatic nitrogens is 2. The minimum Gasteiger partial charge on any atom is -0.338 e. The van der Waals surface area contributed by atoms with E-state index in [-0.39, 0.29) is 18.4 Å². The Balaban J connectivity index is 0.00000243. The lowest BCUT2D eigenvalue weighted by atomic mass is 10.0. The molecule has 0 spiro atoms. The molecule has 6 nitrogen and oxygen atoms in total. The van der Waals surface area contributed by atoms with Crippen LogP contribution in [0.3, 0.4) is 0 Å². The zero-order valence-corrected chi connectivity index (χ0v) is 16.0. The highest BCUT2D eigenvalue weighted by molar-refractivity contribution is 7.90.